The van der Waals surface area contributed by atoms with E-state index in [0.29, 0.717) is 0 Å². The van der Waals surface area contributed by atoms with E-state index in [-0.39, 0.29) is 0 Å². The van der Waals surface area contributed by atoms with E-state index in [1.165, 1.54) is 0 Å². The van der Waals surface area contributed by atoms with Crippen molar-refractivity contribution in [2.75, 3.05) is 0 Å². The van der Waals surface area contributed by atoms with Crippen LogP contribution in [0.4, 0.5) is 0 Å². The van der Waals surface area contributed by atoms with Crippen molar-refractivity contribution in [2.45, 2.75) is 0 Å². The Morgan fingerprint density at radius 2 is 1.43 bits per heavy atom. The lowest BCUT2D eigenvalue weighted by atomic mass is 11.3. The van der Waals surface area contributed by atoms with E-state index < -0.39 is 10.3 Å². The van der Waals surface area contributed by atoms with Gasteiger partial charge < -0.3 is 0 Å². The van der Waals surface area contributed by atoms with Gasteiger partial charge in [-0.15, -0.1) is 13.2 Å². The zero-order valence-corrected chi connectivity index (χ0v) is 4.66. The molecule has 0 aliphatic carbocycles. The molecular formula is C4H6O2S. The third-order valence-corrected chi connectivity index (χ3v) is 0.354. The van der Waals surface area contributed by atoms with Crippen molar-refractivity contribution in [3.63, 3.8) is 0 Å². The molecule has 40 valence electrons. The summed E-state index contributed by atoms with van der Waals surface area (Å²) in [6.45, 7) is 8.82. The zero-order valence-electron chi connectivity index (χ0n) is 3.85. The van der Waals surface area contributed by atoms with Gasteiger partial charge in [0.05, 0.1) is 0 Å². The minimum atomic E-state index is -2.18. The summed E-state index contributed by atoms with van der Waals surface area (Å²) in [6, 6.07) is 0. The average Bonchev–Trinajstić information content (AvgIpc) is 1.73. The molecule has 0 aromatic heterocycles. The fourth-order valence-electron chi connectivity index (χ4n) is 0. The number of hydrogen-bond donors (Lipinski definition) is 0. The molecule has 0 aromatic rings. The number of hydrogen-bond acceptors (Lipinski definition) is 2. The second-order valence-corrected chi connectivity index (χ2v) is 1.14. The van der Waals surface area contributed by atoms with Gasteiger partial charge in [-0.1, -0.05) is 0 Å². The van der Waals surface area contributed by atoms with Gasteiger partial charge in [-0.2, -0.15) is 8.42 Å². The SMILES string of the molecule is C=C.C=C=S(=O)=O. The fraction of sp³-hybridized carbons (Fsp3) is 0. The lowest BCUT2D eigenvalue weighted by Gasteiger charge is -1.25. The molecule has 0 heterocycles. The van der Waals surface area contributed by atoms with Crippen molar-refractivity contribution in [2.24, 2.45) is 0 Å². The summed E-state index contributed by atoms with van der Waals surface area (Å²) in [5.74, 6) is 0. The topological polar surface area (TPSA) is 34.1 Å². The standard InChI is InChI=1S/C2H2O2S.C2H4/c1-2-5(3)4;1-2/h1H2;1-2H2. The molecule has 2 nitrogen and oxygen atoms in total. The Balaban J connectivity index is 0. The van der Waals surface area contributed by atoms with E-state index in [0.717, 1.165) is 0 Å². The van der Waals surface area contributed by atoms with E-state index in [2.05, 4.69) is 19.7 Å². The molecule has 0 fully saturated rings. The van der Waals surface area contributed by atoms with Crippen molar-refractivity contribution < 1.29 is 8.42 Å². The van der Waals surface area contributed by atoms with E-state index in [9.17, 15) is 8.42 Å². The summed E-state index contributed by atoms with van der Waals surface area (Å²) in [6.07, 6.45) is 0. The normalized spacial score (nSPS) is 4.57. The molecule has 0 atom stereocenters. The molecule has 0 aromatic carbocycles. The van der Waals surface area contributed by atoms with Crippen LogP contribution < -0.4 is 0 Å². The van der Waals surface area contributed by atoms with Crippen molar-refractivity contribution >= 4 is 15.3 Å². The molecule has 0 radical (unpaired) electrons. The van der Waals surface area contributed by atoms with Crippen LogP contribution in [0.2, 0.25) is 0 Å². The molecule has 0 aliphatic rings. The van der Waals surface area contributed by atoms with Gasteiger partial charge in [0.15, 0.2) is 0 Å². The fourth-order valence-corrected chi connectivity index (χ4v) is 0. The lowest BCUT2D eigenvalue weighted by molar-refractivity contribution is 0.627. The monoisotopic (exact) mass is 118 g/mol. The Bertz CT molecular complexity index is 152. The van der Waals surface area contributed by atoms with E-state index >= 15 is 0 Å². The second kappa shape index (κ2) is 8.96. The molecule has 0 N–H and O–H groups in total. The maximum atomic E-state index is 9.19. The molecule has 0 saturated heterocycles. The first-order valence-electron chi connectivity index (χ1n) is 1.39. The number of rotatable bonds is 0. The van der Waals surface area contributed by atoms with Gasteiger partial charge >= 0.3 is 0 Å². The summed E-state index contributed by atoms with van der Waals surface area (Å²) in [5, 5.41) is 1.69. The van der Waals surface area contributed by atoms with Crippen LogP contribution in [0.1, 0.15) is 0 Å². The van der Waals surface area contributed by atoms with E-state index in [4.69, 9.17) is 0 Å². The minimum Gasteiger partial charge on any atom is -0.176 e. The van der Waals surface area contributed by atoms with Gasteiger partial charge in [0, 0.05) is 5.02 Å². The maximum absolute atomic E-state index is 9.19. The highest BCUT2D eigenvalue weighted by Gasteiger charge is 1.39. The van der Waals surface area contributed by atoms with Crippen LogP contribution in [0.25, 0.3) is 0 Å². The molecule has 0 rings (SSSR count). The molecule has 0 aliphatic heterocycles. The van der Waals surface area contributed by atoms with Crippen molar-refractivity contribution in [1.29, 1.82) is 0 Å². The third kappa shape index (κ3) is 36.7. The first-order valence-corrected chi connectivity index (χ1v) is 2.47. The lowest BCUT2D eigenvalue weighted by Crippen LogP contribution is -1.46. The molecule has 3 heteroatoms. The van der Waals surface area contributed by atoms with Crippen molar-refractivity contribution in [1.82, 2.24) is 0 Å². The molecule has 0 spiro atoms. The van der Waals surface area contributed by atoms with Crippen LogP contribution in [0.5, 0.6) is 0 Å². The van der Waals surface area contributed by atoms with Crippen LogP contribution in [0.15, 0.2) is 19.7 Å². The highest BCUT2D eigenvalue weighted by atomic mass is 32.2. The summed E-state index contributed by atoms with van der Waals surface area (Å²) in [4.78, 5) is 0. The Kier molecular flexibility index (Phi) is 12.2. The van der Waals surface area contributed by atoms with E-state index in [1.54, 1.807) is 5.02 Å². The third-order valence-electron chi connectivity index (χ3n) is 0.118. The first-order chi connectivity index (χ1) is 3.27. The molecular weight excluding hydrogens is 112 g/mol. The van der Waals surface area contributed by atoms with Crippen LogP contribution in [-0.2, 0) is 10.3 Å². The van der Waals surface area contributed by atoms with Crippen molar-refractivity contribution in [3.8, 4) is 0 Å². The van der Waals surface area contributed by atoms with Crippen LogP contribution >= 0.6 is 0 Å². The maximum Gasteiger partial charge on any atom is 0.259 e. The van der Waals surface area contributed by atoms with Crippen LogP contribution in [0.3, 0.4) is 0 Å². The second-order valence-electron chi connectivity index (χ2n) is 0.379. The Morgan fingerprint density at radius 3 is 1.43 bits per heavy atom. The summed E-state index contributed by atoms with van der Waals surface area (Å²) >= 11 is 0. The highest BCUT2D eigenvalue weighted by Crippen LogP contribution is 1.18. The van der Waals surface area contributed by atoms with Gasteiger partial charge in [0.1, 0.15) is 0 Å². The van der Waals surface area contributed by atoms with Gasteiger partial charge in [-0.25, -0.2) is 0 Å². The minimum absolute atomic E-state index is 1.69. The Labute approximate surface area is 44.3 Å². The largest absolute Gasteiger partial charge is 0.259 e. The molecule has 0 saturated carbocycles. The predicted octanol–water partition coefficient (Wildman–Crippen LogP) is 0.255. The van der Waals surface area contributed by atoms with E-state index in [1.807, 2.05) is 0 Å². The Morgan fingerprint density at radius 1 is 1.29 bits per heavy atom. The van der Waals surface area contributed by atoms with Gasteiger partial charge in [-0.05, 0) is 6.58 Å². The summed E-state index contributed by atoms with van der Waals surface area (Å²) in [5.41, 5.74) is 0. The Hall–Kier alpha value is -0.790. The quantitative estimate of drug-likeness (QED) is 0.337. The molecule has 0 unspecified atom stereocenters. The summed E-state index contributed by atoms with van der Waals surface area (Å²) < 4.78 is 18.4. The predicted molar refractivity (Wildman–Crippen MR) is 30.8 cm³/mol. The van der Waals surface area contributed by atoms with Crippen molar-refractivity contribution in [3.05, 3.63) is 19.7 Å². The van der Waals surface area contributed by atoms with Crippen LogP contribution in [-0.4, -0.2) is 13.4 Å². The smallest absolute Gasteiger partial charge is 0.176 e. The first kappa shape index (κ1) is 9.51. The van der Waals surface area contributed by atoms with Gasteiger partial charge in [0.2, 0.25) is 0 Å². The van der Waals surface area contributed by atoms with Gasteiger partial charge in [0.25, 0.3) is 10.3 Å². The molecule has 0 amide bonds. The highest BCUT2D eigenvalue weighted by molar-refractivity contribution is 7.70. The van der Waals surface area contributed by atoms with Gasteiger partial charge in [-0.3, -0.25) is 0 Å². The summed E-state index contributed by atoms with van der Waals surface area (Å²) in [7, 11) is -2.18. The average molecular weight is 118 g/mol. The molecule has 7 heavy (non-hydrogen) atoms. The van der Waals surface area contributed by atoms with Crippen LogP contribution in [0, 0.1) is 0 Å². The zero-order chi connectivity index (χ0) is 6.28. The molecule has 0 bridgehead atoms.